The third-order valence-electron chi connectivity index (χ3n) is 3.87. The average Bonchev–Trinajstić information content (AvgIpc) is 2.70. The zero-order valence-electron chi connectivity index (χ0n) is 13.3. The van der Waals surface area contributed by atoms with Crippen LogP contribution in [0.2, 0.25) is 0 Å². The van der Waals surface area contributed by atoms with Gasteiger partial charge in [0.2, 0.25) is 0 Å². The topological polar surface area (TPSA) is 12.0 Å². The van der Waals surface area contributed by atoms with Gasteiger partial charge in [-0.15, -0.1) is 0 Å². The van der Waals surface area contributed by atoms with Crippen LogP contribution in [0.25, 0.3) is 0 Å². The Bertz CT molecular complexity index is 508. The lowest BCUT2D eigenvalue weighted by Gasteiger charge is -2.14. The molecule has 1 nitrogen and oxygen atoms in total. The lowest BCUT2D eigenvalue weighted by atomic mass is 10.1. The smallest absolute Gasteiger partial charge is 0.00791 e. The first-order valence-corrected chi connectivity index (χ1v) is 8.04. The Labute approximate surface area is 129 Å². The molecule has 0 saturated heterocycles. The van der Waals surface area contributed by atoms with Gasteiger partial charge in [0.15, 0.2) is 0 Å². The first-order chi connectivity index (χ1) is 10.2. The molecule has 1 heteroatoms. The molecule has 2 rings (SSSR count). The summed E-state index contributed by atoms with van der Waals surface area (Å²) in [4.78, 5) is 0. The van der Waals surface area contributed by atoms with Crippen molar-refractivity contribution in [2.24, 2.45) is 0 Å². The standard InChI is InChI=1S/C20H27N/c1-17-8-6-11-20(14-13-17)16-18(2)21-15-7-12-19-9-4-3-5-10-19/h3-6,9-11,13-14,18,21H,7-8,12,15-16H2,1-2H3. The Morgan fingerprint density at radius 3 is 2.76 bits per heavy atom. The summed E-state index contributed by atoms with van der Waals surface area (Å²) >= 11 is 0. The highest BCUT2D eigenvalue weighted by molar-refractivity contribution is 5.30. The fourth-order valence-corrected chi connectivity index (χ4v) is 2.62. The molecule has 0 aromatic heterocycles. The Hall–Kier alpha value is -1.60. The van der Waals surface area contributed by atoms with Crippen LogP contribution in [0.1, 0.15) is 38.7 Å². The van der Waals surface area contributed by atoms with Crippen molar-refractivity contribution < 1.29 is 0 Å². The Kier molecular flexibility index (Phi) is 6.49. The Morgan fingerprint density at radius 2 is 1.95 bits per heavy atom. The van der Waals surface area contributed by atoms with Gasteiger partial charge in [-0.05, 0) is 57.2 Å². The quantitative estimate of drug-likeness (QED) is 0.707. The molecule has 0 saturated carbocycles. The van der Waals surface area contributed by atoms with Gasteiger partial charge in [-0.1, -0.05) is 60.2 Å². The zero-order chi connectivity index (χ0) is 14.9. The van der Waals surface area contributed by atoms with Gasteiger partial charge in [0.05, 0.1) is 0 Å². The molecule has 0 heterocycles. The van der Waals surface area contributed by atoms with Crippen molar-refractivity contribution in [3.05, 3.63) is 71.3 Å². The lowest BCUT2D eigenvalue weighted by Crippen LogP contribution is -2.27. The lowest BCUT2D eigenvalue weighted by molar-refractivity contribution is 0.535. The fourth-order valence-electron chi connectivity index (χ4n) is 2.62. The van der Waals surface area contributed by atoms with Gasteiger partial charge < -0.3 is 5.32 Å². The molecule has 1 N–H and O–H groups in total. The summed E-state index contributed by atoms with van der Waals surface area (Å²) in [5, 5.41) is 3.64. The second kappa shape index (κ2) is 8.63. The summed E-state index contributed by atoms with van der Waals surface area (Å²) in [7, 11) is 0. The van der Waals surface area contributed by atoms with Crippen molar-refractivity contribution in [3.63, 3.8) is 0 Å². The van der Waals surface area contributed by atoms with Gasteiger partial charge in [0.25, 0.3) is 0 Å². The first kappa shape index (κ1) is 15.8. The van der Waals surface area contributed by atoms with Crippen LogP contribution in [-0.2, 0) is 6.42 Å². The number of allylic oxidation sites excluding steroid dienone is 5. The van der Waals surface area contributed by atoms with Crippen LogP contribution in [0.4, 0.5) is 0 Å². The van der Waals surface area contributed by atoms with Gasteiger partial charge >= 0.3 is 0 Å². The number of nitrogens with one attached hydrogen (secondary N) is 1. The molecule has 1 atom stereocenters. The molecule has 0 spiro atoms. The maximum absolute atomic E-state index is 3.64. The minimum Gasteiger partial charge on any atom is -0.314 e. The zero-order valence-corrected chi connectivity index (χ0v) is 13.3. The molecule has 1 aliphatic carbocycles. The van der Waals surface area contributed by atoms with Crippen molar-refractivity contribution >= 4 is 0 Å². The number of rotatable bonds is 7. The largest absolute Gasteiger partial charge is 0.314 e. The monoisotopic (exact) mass is 281 g/mol. The SMILES string of the molecule is CC1=CC=C(CC(C)NCCCc2ccccc2)C=CC1. The van der Waals surface area contributed by atoms with Crippen molar-refractivity contribution in [3.8, 4) is 0 Å². The molecule has 1 aromatic rings. The molecule has 0 aliphatic heterocycles. The van der Waals surface area contributed by atoms with Crippen LogP contribution in [0, 0.1) is 0 Å². The third kappa shape index (κ3) is 6.14. The van der Waals surface area contributed by atoms with Crippen LogP contribution in [0.3, 0.4) is 0 Å². The molecule has 1 aromatic carbocycles. The van der Waals surface area contributed by atoms with Gasteiger partial charge in [0, 0.05) is 6.04 Å². The van der Waals surface area contributed by atoms with E-state index < -0.39 is 0 Å². The van der Waals surface area contributed by atoms with E-state index in [2.05, 4.69) is 73.8 Å². The third-order valence-corrected chi connectivity index (χ3v) is 3.87. The molecule has 21 heavy (non-hydrogen) atoms. The van der Waals surface area contributed by atoms with E-state index in [0.717, 1.165) is 25.8 Å². The van der Waals surface area contributed by atoms with Crippen LogP contribution in [0.15, 0.2) is 65.8 Å². The maximum atomic E-state index is 3.64. The van der Waals surface area contributed by atoms with E-state index in [0.29, 0.717) is 6.04 Å². The van der Waals surface area contributed by atoms with Crippen LogP contribution in [0.5, 0.6) is 0 Å². The molecule has 0 amide bonds. The van der Waals surface area contributed by atoms with Crippen molar-refractivity contribution in [1.29, 1.82) is 0 Å². The second-order valence-electron chi connectivity index (χ2n) is 6.01. The number of hydrogen-bond donors (Lipinski definition) is 1. The van der Waals surface area contributed by atoms with E-state index in [9.17, 15) is 0 Å². The molecule has 0 radical (unpaired) electrons. The van der Waals surface area contributed by atoms with Gasteiger partial charge in [-0.3, -0.25) is 0 Å². The highest BCUT2D eigenvalue weighted by Gasteiger charge is 2.04. The van der Waals surface area contributed by atoms with Crippen LogP contribution in [-0.4, -0.2) is 12.6 Å². The highest BCUT2D eigenvalue weighted by atomic mass is 14.9. The van der Waals surface area contributed by atoms with E-state index in [1.165, 1.54) is 23.1 Å². The summed E-state index contributed by atoms with van der Waals surface area (Å²) in [6, 6.07) is 11.3. The normalized spacial score (nSPS) is 16.1. The van der Waals surface area contributed by atoms with E-state index in [-0.39, 0.29) is 0 Å². The van der Waals surface area contributed by atoms with E-state index in [4.69, 9.17) is 0 Å². The predicted molar refractivity (Wildman–Crippen MR) is 92.4 cm³/mol. The number of hydrogen-bond acceptors (Lipinski definition) is 1. The minimum absolute atomic E-state index is 0.531. The van der Waals surface area contributed by atoms with E-state index in [1.807, 2.05) is 0 Å². The van der Waals surface area contributed by atoms with Crippen molar-refractivity contribution in [2.75, 3.05) is 6.54 Å². The predicted octanol–water partition coefficient (Wildman–Crippen LogP) is 4.82. The Balaban J connectivity index is 1.67. The molecule has 112 valence electrons. The number of benzene rings is 1. The molecule has 1 unspecified atom stereocenters. The molecule has 1 aliphatic rings. The summed E-state index contributed by atoms with van der Waals surface area (Å²) in [5.41, 5.74) is 4.29. The average molecular weight is 281 g/mol. The fraction of sp³-hybridized carbons (Fsp3) is 0.400. The van der Waals surface area contributed by atoms with Gasteiger partial charge in [0.1, 0.15) is 0 Å². The van der Waals surface area contributed by atoms with Gasteiger partial charge in [-0.2, -0.15) is 0 Å². The summed E-state index contributed by atoms with van der Waals surface area (Å²) in [5.74, 6) is 0. The van der Waals surface area contributed by atoms with Crippen LogP contribution < -0.4 is 5.32 Å². The van der Waals surface area contributed by atoms with E-state index in [1.54, 1.807) is 0 Å². The maximum Gasteiger partial charge on any atom is 0.00791 e. The summed E-state index contributed by atoms with van der Waals surface area (Å²) in [6.45, 7) is 5.55. The first-order valence-electron chi connectivity index (χ1n) is 8.04. The molecule has 0 fully saturated rings. The van der Waals surface area contributed by atoms with Crippen molar-refractivity contribution in [2.45, 2.75) is 45.6 Å². The van der Waals surface area contributed by atoms with Crippen molar-refractivity contribution in [1.82, 2.24) is 5.32 Å². The molecular formula is C20H27N. The summed E-state index contributed by atoms with van der Waals surface area (Å²) < 4.78 is 0. The number of aryl methyl sites for hydroxylation is 1. The highest BCUT2D eigenvalue weighted by Crippen LogP contribution is 2.14. The summed E-state index contributed by atoms with van der Waals surface area (Å²) in [6.07, 6.45) is 13.6. The van der Waals surface area contributed by atoms with Crippen LogP contribution >= 0.6 is 0 Å². The van der Waals surface area contributed by atoms with Gasteiger partial charge in [-0.25, -0.2) is 0 Å². The second-order valence-corrected chi connectivity index (χ2v) is 6.01. The Morgan fingerprint density at radius 1 is 1.14 bits per heavy atom. The minimum atomic E-state index is 0.531. The molecular weight excluding hydrogens is 254 g/mol. The van der Waals surface area contributed by atoms with E-state index >= 15 is 0 Å². The molecule has 0 bridgehead atoms.